The molecule has 16 heteroatoms. The normalized spacial score (nSPS) is 17.8. The molecule has 0 aliphatic heterocycles. The average molecular weight is 634 g/mol. The summed E-state index contributed by atoms with van der Waals surface area (Å²) in [4.78, 5) is 42.5. The van der Waals surface area contributed by atoms with Gasteiger partial charge < -0.3 is 15.3 Å². The summed E-state index contributed by atoms with van der Waals surface area (Å²) in [6.45, 7) is 3.75. The second-order valence-electron chi connectivity index (χ2n) is 9.26. The fourth-order valence-corrected chi connectivity index (χ4v) is 5.83. The lowest BCUT2D eigenvalue weighted by Crippen LogP contribution is -2.51. The van der Waals surface area contributed by atoms with Crippen molar-refractivity contribution in [1.82, 2.24) is 15.2 Å². The molecule has 1 aliphatic rings. The van der Waals surface area contributed by atoms with Crippen LogP contribution in [0.4, 0.5) is 26.3 Å². The zero-order valence-corrected chi connectivity index (χ0v) is 23.5. The molecule has 220 valence electrons. The molecule has 0 spiro atoms. The molecule has 0 saturated heterocycles. The molecular weight excluding hydrogens is 611 g/mol. The second kappa shape index (κ2) is 11.4. The Morgan fingerprint density at radius 2 is 1.60 bits per heavy atom. The minimum Gasteiger partial charge on any atom is -0.481 e. The first-order valence-corrected chi connectivity index (χ1v) is 13.4. The molecule has 2 aromatic rings. The van der Waals surface area contributed by atoms with E-state index < -0.39 is 63.1 Å². The van der Waals surface area contributed by atoms with Gasteiger partial charge in [-0.25, -0.2) is 4.98 Å². The van der Waals surface area contributed by atoms with Crippen LogP contribution < -0.4 is 5.32 Å². The molecule has 1 saturated carbocycles. The van der Waals surface area contributed by atoms with Gasteiger partial charge in [0.05, 0.1) is 20.8 Å². The van der Waals surface area contributed by atoms with Crippen LogP contribution in [0, 0.1) is 5.92 Å². The van der Waals surface area contributed by atoms with Gasteiger partial charge in [0.2, 0.25) is 0 Å². The van der Waals surface area contributed by atoms with Crippen LogP contribution in [0.25, 0.3) is 10.4 Å². The maximum atomic E-state index is 13.7. The van der Waals surface area contributed by atoms with E-state index in [4.69, 9.17) is 28.3 Å². The molecule has 1 aliphatic carbocycles. The van der Waals surface area contributed by atoms with E-state index in [0.717, 1.165) is 6.07 Å². The van der Waals surface area contributed by atoms with Gasteiger partial charge in [0.1, 0.15) is 5.69 Å². The van der Waals surface area contributed by atoms with Crippen LogP contribution in [0.3, 0.4) is 0 Å². The highest BCUT2D eigenvalue weighted by Crippen LogP contribution is 2.55. The lowest BCUT2D eigenvalue weighted by atomic mass is 9.80. The SMILES string of the molecule is CCN(CC)C(=O)c1nc(C(=O)N[C@H]2C[C@H](C(=O)O)C2)sc1-c1ccc(C(C)(C(F)(F)F)C(F)(F)F)c(Cl)c1Cl. The molecule has 0 radical (unpaired) electrons. The van der Waals surface area contributed by atoms with Crippen LogP contribution in [-0.4, -0.2) is 64.3 Å². The van der Waals surface area contributed by atoms with E-state index in [2.05, 4.69) is 10.3 Å². The van der Waals surface area contributed by atoms with Gasteiger partial charge in [-0.3, -0.25) is 14.4 Å². The molecular formula is C24H23Cl2F6N3O4S. The quantitative estimate of drug-likeness (QED) is 0.320. The van der Waals surface area contributed by atoms with Gasteiger partial charge in [0.15, 0.2) is 10.4 Å². The van der Waals surface area contributed by atoms with Crippen LogP contribution in [-0.2, 0) is 10.2 Å². The van der Waals surface area contributed by atoms with Gasteiger partial charge in [-0.1, -0.05) is 35.3 Å². The summed E-state index contributed by atoms with van der Waals surface area (Å²) in [5.74, 6) is -3.01. The van der Waals surface area contributed by atoms with E-state index >= 15 is 0 Å². The van der Waals surface area contributed by atoms with Crippen LogP contribution in [0.2, 0.25) is 10.0 Å². The highest BCUT2D eigenvalue weighted by atomic mass is 35.5. The summed E-state index contributed by atoms with van der Waals surface area (Å²) >= 11 is 12.9. The number of carboxylic acid groups (broad SMARTS) is 1. The average Bonchev–Trinajstić information content (AvgIpc) is 3.26. The van der Waals surface area contributed by atoms with Crippen molar-refractivity contribution in [1.29, 1.82) is 0 Å². The third-order valence-electron chi connectivity index (χ3n) is 6.90. The van der Waals surface area contributed by atoms with E-state index in [1.165, 1.54) is 4.90 Å². The van der Waals surface area contributed by atoms with E-state index in [9.17, 15) is 40.7 Å². The van der Waals surface area contributed by atoms with Gasteiger partial charge in [-0.05, 0) is 39.2 Å². The fourth-order valence-electron chi connectivity index (χ4n) is 4.17. The van der Waals surface area contributed by atoms with Crippen LogP contribution in [0.1, 0.15) is 59.5 Å². The molecule has 0 bridgehead atoms. The molecule has 1 aromatic carbocycles. The number of hydrogen-bond donors (Lipinski definition) is 2. The number of benzene rings is 1. The van der Waals surface area contributed by atoms with Gasteiger partial charge in [-0.15, -0.1) is 11.3 Å². The lowest BCUT2D eigenvalue weighted by molar-refractivity contribution is -0.297. The first-order chi connectivity index (χ1) is 18.4. The van der Waals surface area contributed by atoms with Gasteiger partial charge >= 0.3 is 18.3 Å². The van der Waals surface area contributed by atoms with Gasteiger partial charge in [0.25, 0.3) is 11.8 Å². The molecule has 1 fully saturated rings. The van der Waals surface area contributed by atoms with Crippen molar-refractivity contribution in [3.8, 4) is 10.4 Å². The number of hydrogen-bond acceptors (Lipinski definition) is 5. The number of halogens is 8. The van der Waals surface area contributed by atoms with Crippen molar-refractivity contribution in [2.75, 3.05) is 13.1 Å². The first-order valence-electron chi connectivity index (χ1n) is 11.8. The maximum Gasteiger partial charge on any atom is 0.406 e. The number of amides is 2. The standard InChI is InChI=1S/C24H23Cl2F6N3O4S/c1-4-35(5-2)20(37)16-17(40-19(34-16)18(36)33-11-8-10(9-11)21(38)39)12-6-7-13(15(26)14(12)25)22(3,23(27,28)29)24(30,31)32/h6-7,10-11H,4-5,8-9H2,1-3H3,(H,33,36)(H,38,39)/t10-,11-. The smallest absolute Gasteiger partial charge is 0.406 e. The topological polar surface area (TPSA) is 99.6 Å². The number of carbonyl (C=O) groups is 3. The van der Waals surface area contributed by atoms with E-state index in [1.54, 1.807) is 13.8 Å². The summed E-state index contributed by atoms with van der Waals surface area (Å²) < 4.78 is 82.2. The highest BCUT2D eigenvalue weighted by molar-refractivity contribution is 7.17. The Labute approximate surface area is 238 Å². The molecule has 2 amide bonds. The predicted molar refractivity (Wildman–Crippen MR) is 136 cm³/mol. The number of thiazole rings is 1. The van der Waals surface area contributed by atoms with Crippen molar-refractivity contribution in [3.05, 3.63) is 38.4 Å². The van der Waals surface area contributed by atoms with Gasteiger partial charge in [-0.2, -0.15) is 26.3 Å². The summed E-state index contributed by atoms with van der Waals surface area (Å²) in [7, 11) is 0. The monoisotopic (exact) mass is 633 g/mol. The summed E-state index contributed by atoms with van der Waals surface area (Å²) in [5, 5.41) is 9.68. The second-order valence-corrected chi connectivity index (χ2v) is 11.0. The molecule has 0 unspecified atom stereocenters. The van der Waals surface area contributed by atoms with E-state index in [-0.39, 0.29) is 54.0 Å². The van der Waals surface area contributed by atoms with Crippen LogP contribution in [0.5, 0.6) is 0 Å². The van der Waals surface area contributed by atoms with Crippen molar-refractivity contribution in [2.45, 2.75) is 57.4 Å². The van der Waals surface area contributed by atoms with E-state index in [0.29, 0.717) is 17.4 Å². The number of carbonyl (C=O) groups excluding carboxylic acids is 2. The molecule has 1 heterocycles. The van der Waals surface area contributed by atoms with Gasteiger partial charge in [0, 0.05) is 24.7 Å². The minimum atomic E-state index is -5.78. The number of nitrogens with one attached hydrogen (secondary N) is 1. The Morgan fingerprint density at radius 3 is 2.08 bits per heavy atom. The third kappa shape index (κ3) is 5.62. The van der Waals surface area contributed by atoms with Crippen molar-refractivity contribution < 1.29 is 45.8 Å². The minimum absolute atomic E-state index is 0.0515. The Bertz CT molecular complexity index is 1310. The molecule has 40 heavy (non-hydrogen) atoms. The summed E-state index contributed by atoms with van der Waals surface area (Å²) in [6, 6.07) is 0.954. The molecule has 2 N–H and O–H groups in total. The van der Waals surface area contributed by atoms with Crippen LogP contribution >= 0.6 is 34.5 Å². The Hall–Kier alpha value is -2.58. The zero-order valence-electron chi connectivity index (χ0n) is 21.1. The number of alkyl halides is 6. The summed E-state index contributed by atoms with van der Waals surface area (Å²) in [5.41, 5.74) is -6.17. The Morgan fingerprint density at radius 1 is 1.05 bits per heavy atom. The largest absolute Gasteiger partial charge is 0.481 e. The predicted octanol–water partition coefficient (Wildman–Crippen LogP) is 6.57. The zero-order chi connectivity index (χ0) is 30.4. The lowest BCUT2D eigenvalue weighted by Gasteiger charge is -2.35. The number of aromatic nitrogens is 1. The number of nitrogens with zero attached hydrogens (tertiary/aromatic N) is 2. The van der Waals surface area contributed by atoms with Crippen molar-refractivity contribution >= 4 is 52.3 Å². The Kier molecular flexibility index (Phi) is 9.07. The Balaban J connectivity index is 2.12. The van der Waals surface area contributed by atoms with E-state index in [1.807, 2.05) is 0 Å². The molecule has 7 nitrogen and oxygen atoms in total. The third-order valence-corrected chi connectivity index (χ3v) is 8.87. The number of aliphatic carboxylic acids is 1. The number of rotatable bonds is 8. The molecule has 0 atom stereocenters. The first kappa shape index (κ1) is 31.9. The number of carboxylic acids is 1. The fraction of sp³-hybridized carbons (Fsp3) is 0.500. The summed E-state index contributed by atoms with van der Waals surface area (Å²) in [6.07, 6.45) is -11.2. The highest BCUT2D eigenvalue weighted by Gasteiger charge is 2.69. The maximum absolute atomic E-state index is 13.7. The van der Waals surface area contributed by atoms with Crippen molar-refractivity contribution in [3.63, 3.8) is 0 Å². The van der Waals surface area contributed by atoms with Crippen molar-refractivity contribution in [2.24, 2.45) is 5.92 Å². The molecule has 3 rings (SSSR count). The molecule has 1 aromatic heterocycles. The van der Waals surface area contributed by atoms with Crippen LogP contribution in [0.15, 0.2) is 12.1 Å².